The lowest BCUT2D eigenvalue weighted by Gasteiger charge is -2.31. The summed E-state index contributed by atoms with van der Waals surface area (Å²) in [6.45, 7) is 10.2. The number of hydrogen-bond acceptors (Lipinski definition) is 6. The van der Waals surface area contributed by atoms with E-state index in [0.717, 1.165) is 4.90 Å². The van der Waals surface area contributed by atoms with E-state index in [4.69, 9.17) is 20.6 Å². The van der Waals surface area contributed by atoms with Crippen molar-refractivity contribution >= 4 is 18.1 Å². The summed E-state index contributed by atoms with van der Waals surface area (Å²) >= 11 is 0. The SMILES string of the molecule is CC(C)(C)OC(=O)NC(=N)N(C(=O)OC(C)(C)C)C(N)c1ccccc1. The number of benzene rings is 1. The zero-order chi connectivity index (χ0) is 20.1. The molecule has 8 nitrogen and oxygen atoms in total. The van der Waals surface area contributed by atoms with Crippen LogP contribution in [0.5, 0.6) is 0 Å². The summed E-state index contributed by atoms with van der Waals surface area (Å²) in [6, 6.07) is 8.74. The average molecular weight is 364 g/mol. The van der Waals surface area contributed by atoms with Crippen LogP contribution in [0.4, 0.5) is 9.59 Å². The van der Waals surface area contributed by atoms with Gasteiger partial charge in [0, 0.05) is 0 Å². The van der Waals surface area contributed by atoms with Crippen LogP contribution in [0.2, 0.25) is 0 Å². The molecule has 1 aromatic carbocycles. The first-order chi connectivity index (χ1) is 11.8. The number of nitrogens with one attached hydrogen (secondary N) is 2. The van der Waals surface area contributed by atoms with E-state index in [2.05, 4.69) is 5.32 Å². The van der Waals surface area contributed by atoms with Gasteiger partial charge in [0.2, 0.25) is 5.96 Å². The molecule has 0 fully saturated rings. The molecule has 1 unspecified atom stereocenters. The highest BCUT2D eigenvalue weighted by Gasteiger charge is 2.32. The normalized spacial score (nSPS) is 12.7. The maximum absolute atomic E-state index is 12.6. The Hall–Kier alpha value is -2.61. The molecule has 1 aromatic rings. The van der Waals surface area contributed by atoms with Crippen LogP contribution < -0.4 is 11.1 Å². The van der Waals surface area contributed by atoms with E-state index in [0.29, 0.717) is 5.56 Å². The van der Waals surface area contributed by atoms with E-state index in [1.165, 1.54) is 0 Å². The van der Waals surface area contributed by atoms with Gasteiger partial charge in [0.15, 0.2) is 0 Å². The van der Waals surface area contributed by atoms with Crippen LogP contribution in [0.1, 0.15) is 53.3 Å². The molecule has 0 saturated carbocycles. The first-order valence-electron chi connectivity index (χ1n) is 8.21. The Labute approximate surface area is 154 Å². The van der Waals surface area contributed by atoms with E-state index in [1.807, 2.05) is 0 Å². The molecule has 1 rings (SSSR count). The van der Waals surface area contributed by atoms with Gasteiger partial charge in [-0.05, 0) is 47.1 Å². The van der Waals surface area contributed by atoms with E-state index in [1.54, 1.807) is 71.9 Å². The van der Waals surface area contributed by atoms with Crippen LogP contribution in [-0.4, -0.2) is 34.2 Å². The average Bonchev–Trinajstić information content (AvgIpc) is 2.44. The summed E-state index contributed by atoms with van der Waals surface area (Å²) in [6.07, 6.45) is -2.74. The highest BCUT2D eigenvalue weighted by atomic mass is 16.6. The van der Waals surface area contributed by atoms with E-state index in [-0.39, 0.29) is 0 Å². The van der Waals surface area contributed by atoms with Crippen molar-refractivity contribution in [2.75, 3.05) is 0 Å². The van der Waals surface area contributed by atoms with Gasteiger partial charge in [0.05, 0.1) is 0 Å². The summed E-state index contributed by atoms with van der Waals surface area (Å²) in [4.78, 5) is 25.4. The molecule has 0 spiro atoms. The van der Waals surface area contributed by atoms with Crippen molar-refractivity contribution in [3.8, 4) is 0 Å². The topological polar surface area (TPSA) is 118 Å². The second-order valence-electron chi connectivity index (χ2n) is 7.68. The minimum atomic E-state index is -1.02. The molecule has 0 aliphatic carbocycles. The number of amides is 2. The molecule has 26 heavy (non-hydrogen) atoms. The molecular formula is C18H28N4O4. The van der Waals surface area contributed by atoms with Crippen LogP contribution in [0.3, 0.4) is 0 Å². The molecule has 4 N–H and O–H groups in total. The summed E-state index contributed by atoms with van der Waals surface area (Å²) < 4.78 is 10.4. The Morgan fingerprint density at radius 2 is 1.54 bits per heavy atom. The van der Waals surface area contributed by atoms with Gasteiger partial charge >= 0.3 is 12.2 Å². The van der Waals surface area contributed by atoms with Crippen LogP contribution in [-0.2, 0) is 9.47 Å². The number of hydrogen-bond donors (Lipinski definition) is 3. The molecule has 0 aliphatic rings. The Kier molecular flexibility index (Phi) is 6.74. The molecular weight excluding hydrogens is 336 g/mol. The first kappa shape index (κ1) is 21.4. The number of nitrogens with zero attached hydrogens (tertiary/aromatic N) is 1. The Bertz CT molecular complexity index is 647. The van der Waals surface area contributed by atoms with Gasteiger partial charge in [0.1, 0.15) is 17.4 Å². The third kappa shape index (κ3) is 7.10. The number of carbonyl (C=O) groups is 2. The highest BCUT2D eigenvalue weighted by molar-refractivity contribution is 6.00. The van der Waals surface area contributed by atoms with Gasteiger partial charge in [-0.1, -0.05) is 30.3 Å². The summed E-state index contributed by atoms with van der Waals surface area (Å²) in [5, 5.41) is 10.4. The second-order valence-corrected chi connectivity index (χ2v) is 7.68. The number of nitrogens with two attached hydrogens (primary N) is 1. The number of ether oxygens (including phenoxy) is 2. The van der Waals surface area contributed by atoms with Crippen LogP contribution in [0.15, 0.2) is 30.3 Å². The molecule has 2 amide bonds. The van der Waals surface area contributed by atoms with Crippen molar-refractivity contribution in [1.29, 1.82) is 5.41 Å². The van der Waals surface area contributed by atoms with Gasteiger partial charge in [-0.15, -0.1) is 0 Å². The molecule has 0 heterocycles. The molecule has 144 valence electrons. The summed E-state index contributed by atoms with van der Waals surface area (Å²) in [7, 11) is 0. The van der Waals surface area contributed by atoms with E-state index < -0.39 is 35.5 Å². The van der Waals surface area contributed by atoms with Crippen LogP contribution >= 0.6 is 0 Å². The van der Waals surface area contributed by atoms with Gasteiger partial charge in [-0.25, -0.2) is 14.5 Å². The Balaban J connectivity index is 3.05. The zero-order valence-corrected chi connectivity index (χ0v) is 16.1. The quantitative estimate of drug-likeness (QED) is 0.422. The van der Waals surface area contributed by atoms with Gasteiger partial charge in [-0.3, -0.25) is 10.7 Å². The van der Waals surface area contributed by atoms with Crippen LogP contribution in [0, 0.1) is 5.41 Å². The fraction of sp³-hybridized carbons (Fsp3) is 0.500. The molecule has 1 atom stereocenters. The number of alkyl carbamates (subject to hydrolysis) is 1. The van der Waals surface area contributed by atoms with E-state index >= 15 is 0 Å². The number of carbonyl (C=O) groups excluding carboxylic acids is 2. The minimum Gasteiger partial charge on any atom is -0.444 e. The standard InChI is InChI=1S/C18H28N4O4/c1-17(2,3)25-15(23)21-14(20)22(16(24)26-18(4,5)6)13(19)12-10-8-7-9-11-12/h7-11,13H,19H2,1-6H3,(H2,20,21,23). The lowest BCUT2D eigenvalue weighted by molar-refractivity contribution is 0.0299. The summed E-state index contributed by atoms with van der Waals surface area (Å²) in [5.41, 5.74) is 5.19. The maximum atomic E-state index is 12.6. The Morgan fingerprint density at radius 3 is 2.00 bits per heavy atom. The maximum Gasteiger partial charge on any atom is 0.418 e. The largest absolute Gasteiger partial charge is 0.444 e. The smallest absolute Gasteiger partial charge is 0.418 e. The second kappa shape index (κ2) is 8.18. The first-order valence-corrected chi connectivity index (χ1v) is 8.21. The molecule has 8 heteroatoms. The fourth-order valence-electron chi connectivity index (χ4n) is 1.91. The molecule has 0 bridgehead atoms. The lowest BCUT2D eigenvalue weighted by atomic mass is 10.1. The fourth-order valence-corrected chi connectivity index (χ4v) is 1.91. The van der Waals surface area contributed by atoms with Crippen molar-refractivity contribution < 1.29 is 19.1 Å². The summed E-state index contributed by atoms with van der Waals surface area (Å²) in [5.74, 6) is -0.537. The van der Waals surface area contributed by atoms with Crippen molar-refractivity contribution in [3.05, 3.63) is 35.9 Å². The monoisotopic (exact) mass is 364 g/mol. The van der Waals surface area contributed by atoms with Crippen LogP contribution in [0.25, 0.3) is 0 Å². The molecule has 0 radical (unpaired) electrons. The van der Waals surface area contributed by atoms with Crippen molar-refractivity contribution in [2.45, 2.75) is 58.9 Å². The van der Waals surface area contributed by atoms with Gasteiger partial charge in [0.25, 0.3) is 0 Å². The predicted octanol–water partition coefficient (Wildman–Crippen LogP) is 3.34. The Morgan fingerprint density at radius 1 is 1.04 bits per heavy atom. The molecule has 0 aromatic heterocycles. The predicted molar refractivity (Wildman–Crippen MR) is 98.5 cm³/mol. The molecule has 0 aliphatic heterocycles. The number of rotatable bonds is 2. The van der Waals surface area contributed by atoms with Gasteiger partial charge in [-0.2, -0.15) is 0 Å². The third-order valence-corrected chi connectivity index (χ3v) is 2.87. The highest BCUT2D eigenvalue weighted by Crippen LogP contribution is 2.19. The van der Waals surface area contributed by atoms with Gasteiger partial charge < -0.3 is 15.2 Å². The third-order valence-electron chi connectivity index (χ3n) is 2.87. The minimum absolute atomic E-state index is 0.537. The molecule has 0 saturated heterocycles. The van der Waals surface area contributed by atoms with Crippen molar-refractivity contribution in [2.24, 2.45) is 5.73 Å². The van der Waals surface area contributed by atoms with Crippen molar-refractivity contribution in [1.82, 2.24) is 10.2 Å². The van der Waals surface area contributed by atoms with E-state index in [9.17, 15) is 9.59 Å². The van der Waals surface area contributed by atoms with Crippen molar-refractivity contribution in [3.63, 3.8) is 0 Å². The zero-order valence-electron chi connectivity index (χ0n) is 16.1. The lowest BCUT2D eigenvalue weighted by Crippen LogP contribution is -2.52. The number of guanidine groups is 1.